The highest BCUT2D eigenvalue weighted by Crippen LogP contribution is 2.27. The summed E-state index contributed by atoms with van der Waals surface area (Å²) in [5.41, 5.74) is 3.39. The van der Waals surface area contributed by atoms with Crippen LogP contribution < -0.4 is 16.2 Å². The lowest BCUT2D eigenvalue weighted by Gasteiger charge is -2.11. The molecule has 0 radical (unpaired) electrons. The van der Waals surface area contributed by atoms with E-state index in [1.807, 2.05) is 37.3 Å². The van der Waals surface area contributed by atoms with E-state index in [1.54, 1.807) is 25.1 Å². The molecule has 1 heterocycles. The molecule has 4 rings (SSSR count). The third kappa shape index (κ3) is 4.64. The molecule has 6 nitrogen and oxygen atoms in total. The first-order chi connectivity index (χ1) is 15.8. The number of anilines is 2. The normalized spacial score (nSPS) is 11.5. The van der Waals surface area contributed by atoms with E-state index in [2.05, 4.69) is 20.6 Å². The highest BCUT2D eigenvalue weighted by molar-refractivity contribution is 6.06. The highest BCUT2D eigenvalue weighted by atomic mass is 19.1. The van der Waals surface area contributed by atoms with E-state index in [0.717, 1.165) is 23.3 Å². The average molecular weight is 446 g/mol. The van der Waals surface area contributed by atoms with Crippen LogP contribution in [-0.4, -0.2) is 16.7 Å². The Balaban J connectivity index is 1.61. The third-order valence-electron chi connectivity index (χ3n) is 5.10. The molecule has 0 saturated carbocycles. The number of urea groups is 1. The number of carbonyl (C=O) groups excluding carboxylic acids is 1. The fraction of sp³-hybridized carbons (Fsp3) is 0.0800. The molecule has 33 heavy (non-hydrogen) atoms. The summed E-state index contributed by atoms with van der Waals surface area (Å²) in [4.78, 5) is 32.3. The second-order valence-corrected chi connectivity index (χ2v) is 7.44. The molecular formula is C25H20F2N4O2. The summed E-state index contributed by atoms with van der Waals surface area (Å²) >= 11 is 0. The minimum absolute atomic E-state index is 0.240. The van der Waals surface area contributed by atoms with Crippen LogP contribution in [0.5, 0.6) is 0 Å². The van der Waals surface area contributed by atoms with E-state index in [0.29, 0.717) is 28.3 Å². The number of hydrogen-bond donors (Lipinski definition) is 3. The van der Waals surface area contributed by atoms with Crippen molar-refractivity contribution in [1.82, 2.24) is 4.98 Å². The topological polar surface area (TPSA) is 86.3 Å². The number of aliphatic imine (C=N–C) groups is 1. The van der Waals surface area contributed by atoms with Gasteiger partial charge in [-0.1, -0.05) is 36.4 Å². The fourth-order valence-electron chi connectivity index (χ4n) is 3.48. The van der Waals surface area contributed by atoms with Gasteiger partial charge in [0.1, 0.15) is 17.3 Å². The second-order valence-electron chi connectivity index (χ2n) is 7.44. The number of halogens is 2. The maximum Gasteiger partial charge on any atom is 0.323 e. The number of aryl methyl sites for hydroxylation is 1. The maximum absolute atomic E-state index is 13.8. The van der Waals surface area contributed by atoms with Gasteiger partial charge in [0.25, 0.3) is 5.56 Å². The van der Waals surface area contributed by atoms with Crippen molar-refractivity contribution in [3.05, 3.63) is 99.8 Å². The lowest BCUT2D eigenvalue weighted by atomic mass is 10.1. The van der Waals surface area contributed by atoms with Gasteiger partial charge >= 0.3 is 6.03 Å². The van der Waals surface area contributed by atoms with Crippen molar-refractivity contribution >= 4 is 28.8 Å². The van der Waals surface area contributed by atoms with Gasteiger partial charge in [0.05, 0.1) is 17.0 Å². The van der Waals surface area contributed by atoms with Crippen LogP contribution in [0.1, 0.15) is 18.1 Å². The lowest BCUT2D eigenvalue weighted by molar-refractivity contribution is 0.262. The second kappa shape index (κ2) is 9.04. The van der Waals surface area contributed by atoms with Gasteiger partial charge in [0.15, 0.2) is 0 Å². The summed E-state index contributed by atoms with van der Waals surface area (Å²) in [5.74, 6) is -1.76. The Morgan fingerprint density at radius 2 is 1.67 bits per heavy atom. The number of fused-ring (bicyclic) bond motifs is 1. The first kappa shape index (κ1) is 21.9. The van der Waals surface area contributed by atoms with Crippen molar-refractivity contribution in [2.45, 2.75) is 13.8 Å². The number of carbonyl (C=O) groups is 1. The van der Waals surface area contributed by atoms with E-state index in [9.17, 15) is 18.4 Å². The molecule has 0 unspecified atom stereocenters. The van der Waals surface area contributed by atoms with Crippen molar-refractivity contribution in [2.24, 2.45) is 4.99 Å². The Morgan fingerprint density at radius 3 is 2.42 bits per heavy atom. The van der Waals surface area contributed by atoms with Gasteiger partial charge in [-0.15, -0.1) is 0 Å². The summed E-state index contributed by atoms with van der Waals surface area (Å²) in [6.07, 6.45) is 0. The van der Waals surface area contributed by atoms with Crippen LogP contribution in [-0.2, 0) is 0 Å². The molecule has 0 fully saturated rings. The van der Waals surface area contributed by atoms with E-state index in [1.165, 1.54) is 6.07 Å². The molecule has 0 aromatic heterocycles. The van der Waals surface area contributed by atoms with Crippen molar-refractivity contribution in [1.29, 1.82) is 0 Å². The number of rotatable bonds is 4. The Hall–Kier alpha value is -4.33. The lowest BCUT2D eigenvalue weighted by Crippen LogP contribution is -2.21. The van der Waals surface area contributed by atoms with Gasteiger partial charge in [0, 0.05) is 16.9 Å². The van der Waals surface area contributed by atoms with Crippen molar-refractivity contribution in [3.63, 3.8) is 0 Å². The monoisotopic (exact) mass is 446 g/mol. The summed E-state index contributed by atoms with van der Waals surface area (Å²) in [6.45, 7) is 3.59. The van der Waals surface area contributed by atoms with Crippen molar-refractivity contribution < 1.29 is 13.6 Å². The van der Waals surface area contributed by atoms with Crippen LogP contribution in [0.4, 0.5) is 30.6 Å². The molecule has 1 aliphatic carbocycles. The molecule has 2 amide bonds. The molecule has 2 aromatic carbocycles. The predicted molar refractivity (Wildman–Crippen MR) is 126 cm³/mol. The Labute approximate surface area is 188 Å². The first-order valence-electron chi connectivity index (χ1n) is 10.1. The molecule has 166 valence electrons. The highest BCUT2D eigenvalue weighted by Gasteiger charge is 2.17. The van der Waals surface area contributed by atoms with Crippen LogP contribution in [0.3, 0.4) is 0 Å². The predicted octanol–water partition coefficient (Wildman–Crippen LogP) is 5.85. The van der Waals surface area contributed by atoms with Gasteiger partial charge in [-0.3, -0.25) is 9.79 Å². The van der Waals surface area contributed by atoms with Crippen LogP contribution in [0.25, 0.3) is 11.3 Å². The number of H-pyrrole nitrogens is 1. The van der Waals surface area contributed by atoms with Crippen LogP contribution in [0, 0.1) is 18.6 Å². The Kier molecular flexibility index (Phi) is 5.99. The maximum atomic E-state index is 13.8. The van der Waals surface area contributed by atoms with Gasteiger partial charge in [-0.25, -0.2) is 13.6 Å². The summed E-state index contributed by atoms with van der Waals surface area (Å²) < 4.78 is 27.6. The number of benzene rings is 2. The molecular weight excluding hydrogens is 426 g/mol. The fourth-order valence-corrected chi connectivity index (χ4v) is 3.48. The zero-order valence-corrected chi connectivity index (χ0v) is 17.9. The average Bonchev–Trinajstić information content (AvgIpc) is 2.91. The Bertz CT molecular complexity index is 1390. The van der Waals surface area contributed by atoms with Crippen LogP contribution in [0.2, 0.25) is 0 Å². The van der Waals surface area contributed by atoms with Gasteiger partial charge in [0.2, 0.25) is 0 Å². The largest absolute Gasteiger partial charge is 0.323 e. The number of aromatic nitrogens is 1. The number of hydrogen-bond acceptors (Lipinski definition) is 3. The minimum Gasteiger partial charge on any atom is -0.321 e. The summed E-state index contributed by atoms with van der Waals surface area (Å²) in [6, 6.07) is 16.7. The van der Waals surface area contributed by atoms with Crippen molar-refractivity contribution in [3.8, 4) is 11.3 Å². The zero-order valence-electron chi connectivity index (χ0n) is 17.9. The summed E-state index contributed by atoms with van der Waals surface area (Å²) in [7, 11) is 0. The van der Waals surface area contributed by atoms with E-state index in [4.69, 9.17) is 0 Å². The number of nitrogens with zero attached hydrogens (tertiary/aromatic N) is 1. The van der Waals surface area contributed by atoms with E-state index < -0.39 is 23.4 Å². The van der Waals surface area contributed by atoms with Crippen molar-refractivity contribution in [2.75, 3.05) is 10.6 Å². The molecule has 0 spiro atoms. The van der Waals surface area contributed by atoms with E-state index in [-0.39, 0.29) is 5.56 Å². The van der Waals surface area contributed by atoms with Crippen LogP contribution in [0.15, 0.2) is 76.5 Å². The first-order valence-corrected chi connectivity index (χ1v) is 10.1. The minimum atomic E-state index is -0.879. The number of aromatic amines is 1. The number of para-hydroxylation sites is 1. The quantitative estimate of drug-likeness (QED) is 0.344. The standard InChI is InChI=1S/C25H20F2N4O2/c1-14-11-12-16(29-25(33)31-23-18(26)8-6-9-19(23)27)13-21(14)28-15(2)22-17-7-4-3-5-10-20(17)30-24(22)32/h3-13H,1-2H3,(H,30,32)(H2,29,31,33). The number of nitrogens with one attached hydrogen (secondary N) is 3. The van der Waals surface area contributed by atoms with Gasteiger partial charge in [-0.2, -0.15) is 0 Å². The van der Waals surface area contributed by atoms with E-state index >= 15 is 0 Å². The molecule has 0 saturated heterocycles. The third-order valence-corrected chi connectivity index (χ3v) is 5.10. The van der Waals surface area contributed by atoms with Crippen LogP contribution >= 0.6 is 0 Å². The molecule has 2 aromatic rings. The molecule has 0 bridgehead atoms. The molecule has 8 heteroatoms. The SMILES string of the molecule is CC(=Nc1cc(NC(=O)Nc2c(F)cccc2F)ccc1C)c1c2cccccc-2[nH]c1=O. The molecule has 1 aliphatic heterocycles. The molecule has 2 aliphatic rings. The van der Waals surface area contributed by atoms with Gasteiger partial charge < -0.3 is 15.6 Å². The Morgan fingerprint density at radius 1 is 0.939 bits per heavy atom. The smallest absolute Gasteiger partial charge is 0.321 e. The zero-order chi connectivity index (χ0) is 23.5. The number of amides is 2. The summed E-state index contributed by atoms with van der Waals surface area (Å²) in [5, 5.41) is 4.72. The molecule has 0 atom stereocenters. The van der Waals surface area contributed by atoms with Gasteiger partial charge in [-0.05, 0) is 49.7 Å². The molecule has 3 N–H and O–H groups in total.